The summed E-state index contributed by atoms with van der Waals surface area (Å²) in [5, 5.41) is 18.8. The van der Waals surface area contributed by atoms with Crippen LogP contribution in [0, 0.1) is 0 Å². The van der Waals surface area contributed by atoms with Gasteiger partial charge in [-0.3, -0.25) is 0 Å². The molecule has 94 valence electrons. The van der Waals surface area contributed by atoms with E-state index in [1.54, 1.807) is 0 Å². The zero-order valence-electron chi connectivity index (χ0n) is 9.72. The number of hydrogen-bond acceptors (Lipinski definition) is 3. The highest BCUT2D eigenvalue weighted by Crippen LogP contribution is 2.30. The molecule has 0 heterocycles. The monoisotopic (exact) mass is 240 g/mol. The van der Waals surface area contributed by atoms with E-state index in [-0.39, 0.29) is 0 Å². The first-order chi connectivity index (χ1) is 6.79. The Labute approximate surface area is 93.1 Å². The summed E-state index contributed by atoms with van der Waals surface area (Å²) in [6.07, 6.45) is -4.73. The molecule has 0 amide bonds. The highest BCUT2D eigenvalue weighted by atomic mass is 19.4. The van der Waals surface area contributed by atoms with Crippen LogP contribution in [0.4, 0.5) is 13.2 Å². The number of rotatable bonds is 4. The maximum absolute atomic E-state index is 12.2. The standard InChI is InChI=1S/C9H16BF3O3/c1-6(9(11,12)13)10(15)16-8(4,5)7(2,3)14/h14-15H,1H2,2-5H3. The molecule has 0 aliphatic carbocycles. The number of alkyl halides is 3. The van der Waals surface area contributed by atoms with E-state index in [0.717, 1.165) is 0 Å². The molecule has 0 bridgehead atoms. The van der Waals surface area contributed by atoms with Crippen molar-refractivity contribution in [3.05, 3.63) is 12.1 Å². The number of hydrogen-bond donors (Lipinski definition) is 2. The molecular weight excluding hydrogens is 224 g/mol. The molecule has 0 rings (SSSR count). The van der Waals surface area contributed by atoms with E-state index in [1.807, 2.05) is 0 Å². The molecule has 7 heteroatoms. The molecule has 0 radical (unpaired) electrons. The van der Waals surface area contributed by atoms with E-state index >= 15 is 0 Å². The van der Waals surface area contributed by atoms with Crippen molar-refractivity contribution in [2.75, 3.05) is 0 Å². The average molecular weight is 240 g/mol. The first-order valence-electron chi connectivity index (χ1n) is 4.63. The molecule has 0 spiro atoms. The fraction of sp³-hybridized carbons (Fsp3) is 0.778. The van der Waals surface area contributed by atoms with E-state index in [4.69, 9.17) is 4.65 Å². The Balaban J connectivity index is 4.71. The summed E-state index contributed by atoms with van der Waals surface area (Å²) < 4.78 is 41.3. The molecule has 3 nitrogen and oxygen atoms in total. The van der Waals surface area contributed by atoms with Crippen molar-refractivity contribution < 1.29 is 28.0 Å². The Kier molecular flexibility index (Phi) is 4.24. The molecule has 0 aromatic heterocycles. The van der Waals surface area contributed by atoms with Crippen LogP contribution in [0.5, 0.6) is 0 Å². The van der Waals surface area contributed by atoms with Gasteiger partial charge in [-0.2, -0.15) is 13.2 Å². The van der Waals surface area contributed by atoms with Crippen LogP contribution >= 0.6 is 0 Å². The van der Waals surface area contributed by atoms with Crippen molar-refractivity contribution in [2.45, 2.75) is 45.1 Å². The zero-order chi connectivity index (χ0) is 13.4. The lowest BCUT2D eigenvalue weighted by Gasteiger charge is -2.38. The first-order valence-corrected chi connectivity index (χ1v) is 4.63. The second-order valence-corrected chi connectivity index (χ2v) is 4.56. The van der Waals surface area contributed by atoms with Gasteiger partial charge in [-0.15, -0.1) is 0 Å². The van der Waals surface area contributed by atoms with Crippen LogP contribution in [-0.4, -0.2) is 34.6 Å². The predicted molar refractivity (Wildman–Crippen MR) is 54.6 cm³/mol. The zero-order valence-corrected chi connectivity index (χ0v) is 9.72. The van der Waals surface area contributed by atoms with Crippen LogP contribution in [0.1, 0.15) is 27.7 Å². The van der Waals surface area contributed by atoms with Gasteiger partial charge in [0.2, 0.25) is 0 Å². The second-order valence-electron chi connectivity index (χ2n) is 4.56. The average Bonchev–Trinajstić information content (AvgIpc) is 1.97. The van der Waals surface area contributed by atoms with E-state index in [0.29, 0.717) is 0 Å². The first kappa shape index (κ1) is 15.5. The van der Waals surface area contributed by atoms with E-state index in [9.17, 15) is 23.3 Å². The van der Waals surface area contributed by atoms with Crippen LogP contribution in [-0.2, 0) is 4.65 Å². The smallest absolute Gasteiger partial charge is 0.423 e. The topological polar surface area (TPSA) is 49.7 Å². The van der Waals surface area contributed by atoms with Gasteiger partial charge in [-0.1, -0.05) is 6.58 Å². The second kappa shape index (κ2) is 4.39. The number of halogens is 3. The Bertz CT molecular complexity index is 268. The fourth-order valence-electron chi connectivity index (χ4n) is 0.634. The van der Waals surface area contributed by atoms with Crippen LogP contribution in [0.2, 0.25) is 0 Å². The van der Waals surface area contributed by atoms with Gasteiger partial charge >= 0.3 is 13.3 Å². The molecule has 0 saturated heterocycles. The molecular formula is C9H16BF3O3. The lowest BCUT2D eigenvalue weighted by Crippen LogP contribution is -2.51. The molecule has 0 aliphatic heterocycles. The molecule has 0 fully saturated rings. The Morgan fingerprint density at radius 2 is 1.56 bits per heavy atom. The van der Waals surface area contributed by atoms with Gasteiger partial charge in [0.05, 0.1) is 16.7 Å². The SMILES string of the molecule is C=C(B(O)OC(C)(C)C(C)(C)O)C(F)(F)F. The van der Waals surface area contributed by atoms with Gasteiger partial charge in [0.15, 0.2) is 0 Å². The van der Waals surface area contributed by atoms with Crippen LogP contribution < -0.4 is 0 Å². The molecule has 0 saturated carbocycles. The van der Waals surface area contributed by atoms with Gasteiger partial charge in [0, 0.05) is 0 Å². The van der Waals surface area contributed by atoms with Crippen LogP contribution in [0.25, 0.3) is 0 Å². The van der Waals surface area contributed by atoms with Crippen molar-refractivity contribution in [3.8, 4) is 0 Å². The lowest BCUT2D eigenvalue weighted by atomic mass is 9.76. The van der Waals surface area contributed by atoms with Crippen LogP contribution in [0.15, 0.2) is 12.1 Å². The summed E-state index contributed by atoms with van der Waals surface area (Å²) in [6, 6.07) is 0. The quantitative estimate of drug-likeness (QED) is 0.735. The van der Waals surface area contributed by atoms with Gasteiger partial charge in [0.25, 0.3) is 0 Å². The Morgan fingerprint density at radius 1 is 1.19 bits per heavy atom. The maximum Gasteiger partial charge on any atom is 0.495 e. The van der Waals surface area contributed by atoms with Crippen LogP contribution in [0.3, 0.4) is 0 Å². The summed E-state index contributed by atoms with van der Waals surface area (Å²) in [6.45, 7) is 8.20. The van der Waals surface area contributed by atoms with Gasteiger partial charge in [0.1, 0.15) is 0 Å². The summed E-state index contributed by atoms with van der Waals surface area (Å²) in [7, 11) is -2.19. The minimum absolute atomic E-state index is 1.35. The summed E-state index contributed by atoms with van der Waals surface area (Å²) in [5.41, 5.74) is -4.15. The summed E-state index contributed by atoms with van der Waals surface area (Å²) in [5.74, 6) is 0. The Morgan fingerprint density at radius 3 is 1.81 bits per heavy atom. The third kappa shape index (κ3) is 3.81. The van der Waals surface area contributed by atoms with Crippen molar-refractivity contribution >= 4 is 7.12 Å². The minimum Gasteiger partial charge on any atom is -0.423 e. The summed E-state index contributed by atoms with van der Waals surface area (Å²) in [4.78, 5) is 0. The van der Waals surface area contributed by atoms with Crippen molar-refractivity contribution in [2.24, 2.45) is 0 Å². The van der Waals surface area contributed by atoms with Gasteiger partial charge in [-0.25, -0.2) is 0 Å². The highest BCUT2D eigenvalue weighted by molar-refractivity contribution is 6.52. The van der Waals surface area contributed by atoms with Crippen molar-refractivity contribution in [1.29, 1.82) is 0 Å². The molecule has 16 heavy (non-hydrogen) atoms. The molecule has 2 N–H and O–H groups in total. The third-order valence-corrected chi connectivity index (χ3v) is 2.54. The van der Waals surface area contributed by atoms with Gasteiger partial charge in [-0.05, 0) is 27.7 Å². The highest BCUT2D eigenvalue weighted by Gasteiger charge is 2.46. The molecule has 0 aliphatic rings. The normalized spacial score (nSPS) is 13.8. The number of aliphatic hydroxyl groups is 1. The maximum atomic E-state index is 12.2. The molecule has 0 aromatic rings. The largest absolute Gasteiger partial charge is 0.495 e. The Hall–Kier alpha value is -0.525. The van der Waals surface area contributed by atoms with E-state index in [2.05, 4.69) is 6.58 Å². The predicted octanol–water partition coefficient (Wildman–Crippen LogP) is 1.69. The number of allylic oxidation sites excluding steroid dienone is 1. The molecule has 0 unspecified atom stereocenters. The van der Waals surface area contributed by atoms with Crippen molar-refractivity contribution in [1.82, 2.24) is 0 Å². The lowest BCUT2D eigenvalue weighted by molar-refractivity contribution is -0.110. The van der Waals surface area contributed by atoms with E-state index < -0.39 is 30.0 Å². The summed E-state index contributed by atoms with van der Waals surface area (Å²) >= 11 is 0. The van der Waals surface area contributed by atoms with E-state index in [1.165, 1.54) is 27.7 Å². The molecule has 0 atom stereocenters. The van der Waals surface area contributed by atoms with Gasteiger partial charge < -0.3 is 14.8 Å². The fourth-order valence-corrected chi connectivity index (χ4v) is 0.634. The third-order valence-electron chi connectivity index (χ3n) is 2.54. The molecule has 0 aromatic carbocycles. The van der Waals surface area contributed by atoms with Crippen molar-refractivity contribution in [3.63, 3.8) is 0 Å². The minimum atomic E-state index is -4.73.